The van der Waals surface area contributed by atoms with E-state index in [1.165, 1.54) is 12.8 Å². The zero-order valence-corrected chi connectivity index (χ0v) is 12.0. The molecule has 1 N–H and O–H groups in total. The Balaban J connectivity index is 1.59. The lowest BCUT2D eigenvalue weighted by molar-refractivity contribution is -0.0116. The maximum Gasteiger partial charge on any atom is 0.213 e. The van der Waals surface area contributed by atoms with E-state index in [2.05, 4.69) is 21.3 Å². The highest BCUT2D eigenvalue weighted by atomic mass is 16.5. The molecule has 0 aromatic carbocycles. The van der Waals surface area contributed by atoms with Crippen LogP contribution in [0.15, 0.2) is 18.2 Å². The van der Waals surface area contributed by atoms with Crippen LogP contribution in [0.1, 0.15) is 18.5 Å². The highest BCUT2D eigenvalue weighted by Gasteiger charge is 2.27. The number of methoxy groups -OCH3 is 1. The van der Waals surface area contributed by atoms with Gasteiger partial charge in [0.2, 0.25) is 5.88 Å². The van der Waals surface area contributed by atoms with Crippen molar-refractivity contribution in [2.75, 3.05) is 33.4 Å². The third-order valence-electron chi connectivity index (χ3n) is 3.92. The van der Waals surface area contributed by atoms with Crippen molar-refractivity contribution >= 4 is 0 Å². The molecular formula is C15H23N3O2. The highest BCUT2D eigenvalue weighted by molar-refractivity contribution is 5.15. The minimum atomic E-state index is 0.442. The van der Waals surface area contributed by atoms with E-state index in [9.17, 15) is 0 Å². The molecule has 1 saturated carbocycles. The van der Waals surface area contributed by atoms with E-state index in [1.807, 2.05) is 12.1 Å². The zero-order valence-electron chi connectivity index (χ0n) is 12.0. The Morgan fingerprint density at radius 2 is 2.35 bits per heavy atom. The van der Waals surface area contributed by atoms with Gasteiger partial charge in [0.05, 0.1) is 26.0 Å². The number of nitrogens with one attached hydrogen (secondary N) is 1. The SMILES string of the molecule is COc1cccc(CN2CCOCC2CNC2CC2)n1. The van der Waals surface area contributed by atoms with E-state index >= 15 is 0 Å². The van der Waals surface area contributed by atoms with Crippen LogP contribution in [-0.4, -0.2) is 55.4 Å². The molecule has 0 bridgehead atoms. The van der Waals surface area contributed by atoms with Crippen LogP contribution in [0.5, 0.6) is 5.88 Å². The molecule has 2 fully saturated rings. The van der Waals surface area contributed by atoms with Gasteiger partial charge in [-0.1, -0.05) is 6.07 Å². The number of hydrogen-bond donors (Lipinski definition) is 1. The topological polar surface area (TPSA) is 46.6 Å². The second kappa shape index (κ2) is 6.52. The zero-order chi connectivity index (χ0) is 13.8. The van der Waals surface area contributed by atoms with Crippen molar-refractivity contribution in [3.63, 3.8) is 0 Å². The second-order valence-corrected chi connectivity index (χ2v) is 5.55. The van der Waals surface area contributed by atoms with Gasteiger partial charge >= 0.3 is 0 Å². The largest absolute Gasteiger partial charge is 0.481 e. The lowest BCUT2D eigenvalue weighted by Gasteiger charge is -2.35. The number of nitrogens with zero attached hydrogens (tertiary/aromatic N) is 2. The van der Waals surface area contributed by atoms with Crippen molar-refractivity contribution in [2.24, 2.45) is 0 Å². The molecule has 3 rings (SSSR count). The van der Waals surface area contributed by atoms with E-state index in [1.54, 1.807) is 7.11 Å². The molecule has 2 heterocycles. The average Bonchev–Trinajstić information content (AvgIpc) is 3.31. The summed E-state index contributed by atoms with van der Waals surface area (Å²) in [7, 11) is 1.66. The van der Waals surface area contributed by atoms with Crippen LogP contribution in [0.2, 0.25) is 0 Å². The monoisotopic (exact) mass is 277 g/mol. The molecule has 1 unspecified atom stereocenters. The Kier molecular flexibility index (Phi) is 4.50. The fourth-order valence-electron chi connectivity index (χ4n) is 2.54. The van der Waals surface area contributed by atoms with Crippen molar-refractivity contribution in [1.82, 2.24) is 15.2 Å². The Bertz CT molecular complexity index is 437. The van der Waals surface area contributed by atoms with Crippen LogP contribution in [0.4, 0.5) is 0 Å². The van der Waals surface area contributed by atoms with Crippen LogP contribution >= 0.6 is 0 Å². The molecule has 110 valence electrons. The van der Waals surface area contributed by atoms with Crippen LogP contribution in [0.25, 0.3) is 0 Å². The maximum atomic E-state index is 5.62. The Hall–Kier alpha value is -1.17. The maximum absolute atomic E-state index is 5.62. The summed E-state index contributed by atoms with van der Waals surface area (Å²) in [4.78, 5) is 6.96. The van der Waals surface area contributed by atoms with Crippen LogP contribution in [0, 0.1) is 0 Å². The molecule has 5 nitrogen and oxygen atoms in total. The Labute approximate surface area is 120 Å². The highest BCUT2D eigenvalue weighted by Crippen LogP contribution is 2.19. The number of aromatic nitrogens is 1. The van der Waals surface area contributed by atoms with Gasteiger partial charge in [-0.3, -0.25) is 4.90 Å². The molecule has 5 heteroatoms. The van der Waals surface area contributed by atoms with Gasteiger partial charge in [-0.15, -0.1) is 0 Å². The van der Waals surface area contributed by atoms with Crippen LogP contribution in [-0.2, 0) is 11.3 Å². The first-order valence-electron chi connectivity index (χ1n) is 7.40. The van der Waals surface area contributed by atoms with Crippen molar-refractivity contribution in [3.8, 4) is 5.88 Å². The standard InChI is InChI=1S/C15H23N3O2/c1-19-15-4-2-3-13(17-15)10-18-7-8-20-11-14(18)9-16-12-5-6-12/h2-4,12,14,16H,5-11H2,1H3. The molecule has 0 spiro atoms. The number of ether oxygens (including phenoxy) is 2. The quantitative estimate of drug-likeness (QED) is 0.842. The van der Waals surface area contributed by atoms with Crippen LogP contribution < -0.4 is 10.1 Å². The number of morpholine rings is 1. The minimum Gasteiger partial charge on any atom is -0.481 e. The first-order valence-corrected chi connectivity index (χ1v) is 7.40. The van der Waals surface area contributed by atoms with E-state index in [0.29, 0.717) is 11.9 Å². The van der Waals surface area contributed by atoms with Crippen LogP contribution in [0.3, 0.4) is 0 Å². The Morgan fingerprint density at radius 3 is 3.15 bits per heavy atom. The Morgan fingerprint density at radius 1 is 1.45 bits per heavy atom. The molecule has 1 aliphatic heterocycles. The molecular weight excluding hydrogens is 254 g/mol. The van der Waals surface area contributed by atoms with E-state index in [0.717, 1.165) is 44.6 Å². The van der Waals surface area contributed by atoms with Gasteiger partial charge in [-0.05, 0) is 18.9 Å². The first-order chi connectivity index (χ1) is 9.85. The number of pyridine rings is 1. The summed E-state index contributed by atoms with van der Waals surface area (Å²) in [5.41, 5.74) is 1.06. The van der Waals surface area contributed by atoms with Gasteiger partial charge in [0.25, 0.3) is 0 Å². The van der Waals surface area contributed by atoms with E-state index < -0.39 is 0 Å². The summed E-state index contributed by atoms with van der Waals surface area (Å²) in [6, 6.07) is 7.13. The normalized spacial score (nSPS) is 23.8. The molecule has 1 saturated heterocycles. The molecule has 1 aliphatic carbocycles. The summed E-state index contributed by atoms with van der Waals surface area (Å²) in [5, 5.41) is 3.60. The van der Waals surface area contributed by atoms with Gasteiger partial charge in [0.15, 0.2) is 0 Å². The summed E-state index contributed by atoms with van der Waals surface area (Å²) >= 11 is 0. The summed E-state index contributed by atoms with van der Waals surface area (Å²) in [5.74, 6) is 0.684. The minimum absolute atomic E-state index is 0.442. The van der Waals surface area contributed by atoms with Crippen molar-refractivity contribution < 1.29 is 9.47 Å². The number of hydrogen-bond acceptors (Lipinski definition) is 5. The van der Waals surface area contributed by atoms with Gasteiger partial charge < -0.3 is 14.8 Å². The molecule has 0 amide bonds. The molecule has 1 aromatic heterocycles. The first kappa shape index (κ1) is 13.8. The molecule has 20 heavy (non-hydrogen) atoms. The van der Waals surface area contributed by atoms with E-state index in [-0.39, 0.29) is 0 Å². The summed E-state index contributed by atoms with van der Waals surface area (Å²) in [6.07, 6.45) is 2.65. The predicted octanol–water partition coefficient (Wildman–Crippen LogP) is 1.04. The molecule has 1 aromatic rings. The third-order valence-corrected chi connectivity index (χ3v) is 3.92. The van der Waals surface area contributed by atoms with Crippen molar-refractivity contribution in [3.05, 3.63) is 23.9 Å². The van der Waals surface area contributed by atoms with Crippen molar-refractivity contribution in [2.45, 2.75) is 31.5 Å². The molecule has 0 radical (unpaired) electrons. The lowest BCUT2D eigenvalue weighted by Crippen LogP contribution is -2.50. The fourth-order valence-corrected chi connectivity index (χ4v) is 2.54. The molecule has 2 aliphatic rings. The molecule has 1 atom stereocenters. The average molecular weight is 277 g/mol. The number of rotatable bonds is 6. The van der Waals surface area contributed by atoms with E-state index in [4.69, 9.17) is 9.47 Å². The summed E-state index contributed by atoms with van der Waals surface area (Å²) in [6.45, 7) is 4.45. The smallest absolute Gasteiger partial charge is 0.213 e. The van der Waals surface area contributed by atoms with Crippen molar-refractivity contribution in [1.29, 1.82) is 0 Å². The third kappa shape index (κ3) is 3.69. The lowest BCUT2D eigenvalue weighted by atomic mass is 10.2. The second-order valence-electron chi connectivity index (χ2n) is 5.55. The van der Waals surface area contributed by atoms with Gasteiger partial charge in [0.1, 0.15) is 0 Å². The summed E-state index contributed by atoms with van der Waals surface area (Å²) < 4.78 is 10.8. The van der Waals surface area contributed by atoms with Gasteiger partial charge in [0, 0.05) is 37.8 Å². The predicted molar refractivity (Wildman–Crippen MR) is 76.8 cm³/mol. The fraction of sp³-hybridized carbons (Fsp3) is 0.667. The van der Waals surface area contributed by atoms with Gasteiger partial charge in [-0.25, -0.2) is 4.98 Å². The van der Waals surface area contributed by atoms with Gasteiger partial charge in [-0.2, -0.15) is 0 Å².